The van der Waals surface area contributed by atoms with E-state index < -0.39 is 10.0 Å². The maximum absolute atomic E-state index is 12.1. The van der Waals surface area contributed by atoms with Crippen molar-refractivity contribution in [2.45, 2.75) is 18.0 Å². The highest BCUT2D eigenvalue weighted by Crippen LogP contribution is 2.15. The quantitative estimate of drug-likeness (QED) is 0.881. The second-order valence-corrected chi connectivity index (χ2v) is 6.29. The van der Waals surface area contributed by atoms with Crippen molar-refractivity contribution in [3.05, 3.63) is 58.9 Å². The van der Waals surface area contributed by atoms with E-state index in [2.05, 4.69) is 9.71 Å². The summed E-state index contributed by atoms with van der Waals surface area (Å²) in [5.41, 5.74) is 1.40. The van der Waals surface area contributed by atoms with Gasteiger partial charge in [0.25, 0.3) is 0 Å². The number of hydrogen-bond donors (Lipinski definition) is 2. The minimum Gasteiger partial charge on any atom is -0.392 e. The van der Waals surface area contributed by atoms with Crippen molar-refractivity contribution in [3.63, 3.8) is 0 Å². The number of hydrogen-bond acceptors (Lipinski definition) is 4. The van der Waals surface area contributed by atoms with Gasteiger partial charge in [-0.1, -0.05) is 35.9 Å². The Morgan fingerprint density at radius 3 is 2.55 bits per heavy atom. The molecule has 0 saturated carbocycles. The van der Waals surface area contributed by atoms with Crippen LogP contribution in [0.5, 0.6) is 0 Å². The molecule has 0 saturated heterocycles. The summed E-state index contributed by atoms with van der Waals surface area (Å²) >= 11 is 5.73. The summed E-state index contributed by atoms with van der Waals surface area (Å²) in [6.45, 7) is -0.0534. The van der Waals surface area contributed by atoms with Crippen LogP contribution in [-0.2, 0) is 23.2 Å². The van der Waals surface area contributed by atoms with Crippen LogP contribution in [0.1, 0.15) is 11.1 Å². The van der Waals surface area contributed by atoms with Crippen LogP contribution in [0.15, 0.2) is 47.6 Å². The summed E-state index contributed by atoms with van der Waals surface area (Å²) in [4.78, 5) is 3.75. The second kappa shape index (κ2) is 6.32. The fraction of sp³-hybridized carbons (Fsp3) is 0.154. The molecule has 0 amide bonds. The van der Waals surface area contributed by atoms with Crippen molar-refractivity contribution < 1.29 is 13.5 Å². The number of aromatic nitrogens is 1. The first-order valence-corrected chi connectivity index (χ1v) is 7.67. The van der Waals surface area contributed by atoms with Gasteiger partial charge >= 0.3 is 0 Å². The molecule has 0 aliphatic carbocycles. The van der Waals surface area contributed by atoms with E-state index >= 15 is 0 Å². The van der Waals surface area contributed by atoms with Crippen LogP contribution < -0.4 is 4.72 Å². The summed E-state index contributed by atoms with van der Waals surface area (Å²) in [7, 11) is -3.68. The molecule has 2 rings (SSSR count). The number of aliphatic hydroxyl groups is 1. The van der Waals surface area contributed by atoms with Gasteiger partial charge in [0.05, 0.1) is 11.6 Å². The van der Waals surface area contributed by atoms with Crippen LogP contribution in [0.25, 0.3) is 0 Å². The van der Waals surface area contributed by atoms with Crippen molar-refractivity contribution in [2.24, 2.45) is 0 Å². The van der Waals surface area contributed by atoms with Crippen molar-refractivity contribution in [1.82, 2.24) is 9.71 Å². The van der Waals surface area contributed by atoms with E-state index in [1.807, 2.05) is 0 Å². The molecule has 0 bridgehead atoms. The van der Waals surface area contributed by atoms with Crippen LogP contribution in [0, 0.1) is 0 Å². The lowest BCUT2D eigenvalue weighted by molar-refractivity contribution is 0.280. The maximum atomic E-state index is 12.1. The molecule has 1 aromatic carbocycles. The van der Waals surface area contributed by atoms with Crippen molar-refractivity contribution in [2.75, 3.05) is 0 Å². The monoisotopic (exact) mass is 312 g/mol. The van der Waals surface area contributed by atoms with Crippen molar-refractivity contribution in [1.29, 1.82) is 0 Å². The summed E-state index contributed by atoms with van der Waals surface area (Å²) in [6.07, 6.45) is 2.59. The number of rotatable bonds is 5. The second-order valence-electron chi connectivity index (χ2n) is 4.09. The lowest BCUT2D eigenvalue weighted by Gasteiger charge is -2.09. The molecular weight excluding hydrogens is 300 g/mol. The summed E-state index contributed by atoms with van der Waals surface area (Å²) in [6, 6.07) is 8.39. The predicted molar refractivity (Wildman–Crippen MR) is 75.6 cm³/mol. The average molecular weight is 313 g/mol. The Morgan fingerprint density at radius 1 is 1.20 bits per heavy atom. The molecule has 1 aromatic heterocycles. The topological polar surface area (TPSA) is 79.3 Å². The summed E-state index contributed by atoms with van der Waals surface area (Å²) in [5.74, 6) is 0. The molecule has 1 heterocycles. The first kappa shape index (κ1) is 14.9. The third-order valence-electron chi connectivity index (χ3n) is 2.73. The summed E-state index contributed by atoms with van der Waals surface area (Å²) < 4.78 is 26.6. The first-order chi connectivity index (χ1) is 9.53. The van der Waals surface area contributed by atoms with Crippen LogP contribution in [0.2, 0.25) is 5.02 Å². The van der Waals surface area contributed by atoms with Gasteiger partial charge in [0.1, 0.15) is 4.90 Å². The van der Waals surface area contributed by atoms with E-state index in [0.29, 0.717) is 11.1 Å². The highest BCUT2D eigenvalue weighted by atomic mass is 35.5. The Hall–Kier alpha value is -1.47. The van der Waals surface area contributed by atoms with Crippen LogP contribution in [0.4, 0.5) is 0 Å². The Labute approximate surface area is 122 Å². The van der Waals surface area contributed by atoms with Gasteiger partial charge in [0.2, 0.25) is 10.0 Å². The molecule has 2 aromatic rings. The maximum Gasteiger partial charge on any atom is 0.242 e. The number of sulfonamides is 1. The number of nitrogens with zero attached hydrogens (tertiary/aromatic N) is 1. The summed E-state index contributed by atoms with van der Waals surface area (Å²) in [5, 5.41) is 9.45. The van der Waals surface area contributed by atoms with Crippen LogP contribution >= 0.6 is 11.6 Å². The van der Waals surface area contributed by atoms with Gasteiger partial charge in [-0.2, -0.15) is 0 Å². The number of benzene rings is 1. The van der Waals surface area contributed by atoms with E-state index in [9.17, 15) is 13.5 Å². The fourth-order valence-electron chi connectivity index (χ4n) is 1.68. The molecule has 20 heavy (non-hydrogen) atoms. The lowest BCUT2D eigenvalue weighted by Crippen LogP contribution is -2.24. The normalized spacial score (nSPS) is 11.5. The van der Waals surface area contributed by atoms with Gasteiger partial charge in [0.15, 0.2) is 0 Å². The minimum absolute atomic E-state index is 0.00600. The van der Waals surface area contributed by atoms with Gasteiger partial charge < -0.3 is 5.11 Å². The first-order valence-electron chi connectivity index (χ1n) is 5.81. The SMILES string of the molecule is O=S(=O)(NCc1ccccc1CO)c1cncc(Cl)c1. The highest BCUT2D eigenvalue weighted by Gasteiger charge is 2.15. The Kier molecular flexibility index (Phi) is 4.72. The van der Waals surface area contributed by atoms with Crippen molar-refractivity contribution >= 4 is 21.6 Å². The molecule has 0 aliphatic heterocycles. The van der Waals surface area contributed by atoms with Gasteiger partial charge in [-0.15, -0.1) is 0 Å². The lowest BCUT2D eigenvalue weighted by atomic mass is 10.1. The van der Waals surface area contributed by atoms with Gasteiger partial charge in [-0.3, -0.25) is 4.98 Å². The Balaban J connectivity index is 2.17. The molecule has 0 fully saturated rings. The fourth-order valence-corrected chi connectivity index (χ4v) is 2.91. The standard InChI is InChI=1S/C13H13ClN2O3S/c14-12-5-13(8-15-7-12)20(18,19)16-6-10-3-1-2-4-11(10)9-17/h1-5,7-8,16-17H,6,9H2. The zero-order valence-electron chi connectivity index (χ0n) is 10.5. The Morgan fingerprint density at radius 2 is 1.90 bits per heavy atom. The van der Waals surface area contributed by atoms with E-state index in [1.165, 1.54) is 18.5 Å². The van der Waals surface area contributed by atoms with E-state index in [1.54, 1.807) is 24.3 Å². The highest BCUT2D eigenvalue weighted by molar-refractivity contribution is 7.89. The van der Waals surface area contributed by atoms with Crippen molar-refractivity contribution in [3.8, 4) is 0 Å². The number of nitrogens with one attached hydrogen (secondary N) is 1. The molecule has 0 spiro atoms. The zero-order valence-corrected chi connectivity index (χ0v) is 12.0. The molecule has 7 heteroatoms. The van der Waals surface area contributed by atoms with E-state index in [0.717, 1.165) is 0 Å². The third-order valence-corrected chi connectivity index (χ3v) is 4.31. The molecule has 0 unspecified atom stereocenters. The molecular formula is C13H13ClN2O3S. The molecule has 106 valence electrons. The number of pyridine rings is 1. The van der Waals surface area contributed by atoms with Crippen LogP contribution in [-0.4, -0.2) is 18.5 Å². The number of aliphatic hydroxyl groups excluding tert-OH is 1. The van der Waals surface area contributed by atoms with Gasteiger partial charge in [-0.05, 0) is 17.2 Å². The smallest absolute Gasteiger partial charge is 0.242 e. The van der Waals surface area contributed by atoms with E-state index in [-0.39, 0.29) is 23.1 Å². The molecule has 0 radical (unpaired) electrons. The Bertz CT molecular complexity index is 704. The predicted octanol–water partition coefficient (Wildman–Crippen LogP) is 1.71. The van der Waals surface area contributed by atoms with E-state index in [4.69, 9.17) is 11.6 Å². The molecule has 5 nitrogen and oxygen atoms in total. The van der Waals surface area contributed by atoms with Gasteiger partial charge in [-0.25, -0.2) is 13.1 Å². The minimum atomic E-state index is -3.68. The molecule has 0 atom stereocenters. The largest absolute Gasteiger partial charge is 0.392 e. The zero-order chi connectivity index (χ0) is 14.6. The van der Waals surface area contributed by atoms with Gasteiger partial charge in [0, 0.05) is 18.9 Å². The number of halogens is 1. The van der Waals surface area contributed by atoms with Crippen LogP contribution in [0.3, 0.4) is 0 Å². The average Bonchev–Trinajstić information content (AvgIpc) is 2.45. The third kappa shape index (κ3) is 3.55. The molecule has 0 aliphatic rings. The molecule has 2 N–H and O–H groups in total.